The number of hydrogen-bond acceptors (Lipinski definition) is 6. The first-order valence-corrected chi connectivity index (χ1v) is 9.61. The van der Waals surface area contributed by atoms with E-state index in [2.05, 4.69) is 25.6 Å². The number of nitrogens with one attached hydrogen (secondary N) is 4. The maximum atomic E-state index is 12.5. The Balaban J connectivity index is 1.62. The molecule has 31 heavy (non-hydrogen) atoms. The number of carboxylic acids is 1. The third kappa shape index (κ3) is 5.47. The zero-order chi connectivity index (χ0) is 22.4. The van der Waals surface area contributed by atoms with E-state index in [-0.39, 0.29) is 12.8 Å². The van der Waals surface area contributed by atoms with Crippen LogP contribution < -0.4 is 16.4 Å². The van der Waals surface area contributed by atoms with Crippen LogP contribution in [0, 0.1) is 0 Å². The minimum Gasteiger partial charge on any atom is -0.480 e. The van der Waals surface area contributed by atoms with Gasteiger partial charge in [-0.3, -0.25) is 9.59 Å². The third-order valence-electron chi connectivity index (χ3n) is 4.86. The molecule has 3 atom stereocenters. The van der Waals surface area contributed by atoms with E-state index in [4.69, 9.17) is 5.73 Å². The van der Waals surface area contributed by atoms with Gasteiger partial charge >= 0.3 is 5.97 Å². The number of nitrogens with zero attached hydrogens (tertiary/aromatic N) is 1. The Hall–Kier alpha value is -3.70. The van der Waals surface area contributed by atoms with Gasteiger partial charge in [-0.05, 0) is 11.6 Å². The molecule has 0 aliphatic carbocycles. The van der Waals surface area contributed by atoms with Gasteiger partial charge in [0.05, 0.1) is 19.0 Å². The zero-order valence-electron chi connectivity index (χ0n) is 16.5. The highest BCUT2D eigenvalue weighted by Crippen LogP contribution is 2.19. The van der Waals surface area contributed by atoms with E-state index in [0.29, 0.717) is 5.69 Å². The number of fused-ring (bicyclic) bond motifs is 1. The Morgan fingerprint density at radius 3 is 2.48 bits per heavy atom. The van der Waals surface area contributed by atoms with E-state index in [9.17, 15) is 24.6 Å². The lowest BCUT2D eigenvalue weighted by Gasteiger charge is -2.21. The van der Waals surface area contributed by atoms with Crippen LogP contribution in [-0.4, -0.2) is 67.7 Å². The summed E-state index contributed by atoms with van der Waals surface area (Å²) in [5, 5.41) is 24.7. The van der Waals surface area contributed by atoms with Crippen molar-refractivity contribution in [2.75, 3.05) is 6.61 Å². The first-order valence-electron chi connectivity index (χ1n) is 9.61. The number of aliphatic hydroxyl groups is 1. The number of carbonyl (C=O) groups excluding carboxylic acids is 2. The van der Waals surface area contributed by atoms with E-state index < -0.39 is 42.5 Å². The molecule has 3 aromatic rings. The molecule has 2 heterocycles. The Kier molecular flexibility index (Phi) is 7.00. The van der Waals surface area contributed by atoms with Gasteiger partial charge < -0.3 is 36.5 Å². The zero-order valence-corrected chi connectivity index (χ0v) is 16.5. The van der Waals surface area contributed by atoms with Crippen LogP contribution in [0.15, 0.2) is 43.0 Å². The topological polar surface area (TPSA) is 186 Å². The van der Waals surface area contributed by atoms with Crippen molar-refractivity contribution in [2.24, 2.45) is 5.73 Å². The molecule has 0 radical (unpaired) electrons. The standard InChI is InChI=1S/C20H24N6O5/c21-14(6-12-8-22-10-24-12)18(28)26-17(9-27)19(29)25-16(20(30)31)5-11-7-23-15-4-2-1-3-13(11)15/h1-4,7-8,10,14,16-17,23,27H,5-6,9,21H2,(H,22,24)(H,25,29)(H,26,28)(H,30,31). The summed E-state index contributed by atoms with van der Waals surface area (Å²) in [4.78, 5) is 46.2. The van der Waals surface area contributed by atoms with Crippen LogP contribution in [0.4, 0.5) is 0 Å². The molecule has 3 unspecified atom stereocenters. The van der Waals surface area contributed by atoms with Crippen LogP contribution in [0.5, 0.6) is 0 Å². The summed E-state index contributed by atoms with van der Waals surface area (Å²) in [6.07, 6.45) is 4.84. The monoisotopic (exact) mass is 428 g/mol. The minimum absolute atomic E-state index is 0.0243. The normalized spacial score (nSPS) is 14.0. The first kappa shape index (κ1) is 22.0. The van der Waals surface area contributed by atoms with Crippen LogP contribution >= 0.6 is 0 Å². The summed E-state index contributed by atoms with van der Waals surface area (Å²) in [5.74, 6) is -2.72. The molecule has 0 spiro atoms. The molecule has 1 aromatic carbocycles. The van der Waals surface area contributed by atoms with Gasteiger partial charge in [-0.1, -0.05) is 18.2 Å². The van der Waals surface area contributed by atoms with Crippen molar-refractivity contribution in [1.29, 1.82) is 0 Å². The maximum Gasteiger partial charge on any atom is 0.326 e. The summed E-state index contributed by atoms with van der Waals surface area (Å²) in [7, 11) is 0. The molecule has 0 aliphatic rings. The lowest BCUT2D eigenvalue weighted by Crippen LogP contribution is -2.56. The molecular weight excluding hydrogens is 404 g/mol. The van der Waals surface area contributed by atoms with Crippen LogP contribution in [0.1, 0.15) is 11.3 Å². The Morgan fingerprint density at radius 1 is 1.06 bits per heavy atom. The molecule has 11 nitrogen and oxygen atoms in total. The fourth-order valence-electron chi connectivity index (χ4n) is 3.19. The molecule has 2 amide bonds. The number of imidazole rings is 1. The number of hydrogen-bond donors (Lipinski definition) is 7. The van der Waals surface area contributed by atoms with Gasteiger partial charge in [0.1, 0.15) is 12.1 Å². The Bertz CT molecular complexity index is 1050. The SMILES string of the molecule is NC(Cc1cnc[nH]1)C(=O)NC(CO)C(=O)NC(Cc1c[nH]c2ccccc12)C(=O)O. The quantitative estimate of drug-likeness (QED) is 0.217. The van der Waals surface area contributed by atoms with Crippen molar-refractivity contribution in [1.82, 2.24) is 25.6 Å². The van der Waals surface area contributed by atoms with Gasteiger partial charge in [-0.25, -0.2) is 9.78 Å². The summed E-state index contributed by atoms with van der Waals surface area (Å²) in [6, 6.07) is 3.81. The summed E-state index contributed by atoms with van der Waals surface area (Å²) in [5.41, 5.74) is 8.03. The Morgan fingerprint density at radius 2 is 1.81 bits per heavy atom. The number of rotatable bonds is 10. The van der Waals surface area contributed by atoms with Gasteiger partial charge in [0.25, 0.3) is 0 Å². The fourth-order valence-corrected chi connectivity index (χ4v) is 3.19. The molecule has 0 aliphatic heterocycles. The maximum absolute atomic E-state index is 12.5. The molecule has 0 saturated carbocycles. The van der Waals surface area contributed by atoms with E-state index in [1.54, 1.807) is 6.20 Å². The highest BCUT2D eigenvalue weighted by Gasteiger charge is 2.28. The van der Waals surface area contributed by atoms with Crippen molar-refractivity contribution < 1.29 is 24.6 Å². The van der Waals surface area contributed by atoms with E-state index in [0.717, 1.165) is 16.5 Å². The molecule has 0 saturated heterocycles. The molecule has 164 valence electrons. The number of carbonyl (C=O) groups is 3. The van der Waals surface area contributed by atoms with E-state index >= 15 is 0 Å². The highest BCUT2D eigenvalue weighted by molar-refractivity contribution is 5.92. The largest absolute Gasteiger partial charge is 0.480 e. The lowest BCUT2D eigenvalue weighted by molar-refractivity contribution is -0.142. The second-order valence-electron chi connectivity index (χ2n) is 7.09. The smallest absolute Gasteiger partial charge is 0.326 e. The lowest BCUT2D eigenvalue weighted by atomic mass is 10.0. The van der Waals surface area contributed by atoms with Crippen LogP contribution in [-0.2, 0) is 27.2 Å². The van der Waals surface area contributed by atoms with Gasteiger partial charge in [0, 0.05) is 41.8 Å². The number of para-hydroxylation sites is 1. The molecule has 8 N–H and O–H groups in total. The van der Waals surface area contributed by atoms with Gasteiger partial charge in [-0.2, -0.15) is 0 Å². The molecule has 3 rings (SSSR count). The molecule has 0 fully saturated rings. The molecule has 11 heteroatoms. The summed E-state index contributed by atoms with van der Waals surface area (Å²) in [6.45, 7) is -0.715. The number of nitrogens with two attached hydrogens (primary N) is 1. The number of H-pyrrole nitrogens is 2. The average Bonchev–Trinajstić information content (AvgIpc) is 3.41. The van der Waals surface area contributed by atoms with Crippen molar-refractivity contribution in [3.63, 3.8) is 0 Å². The summed E-state index contributed by atoms with van der Waals surface area (Å²) < 4.78 is 0. The summed E-state index contributed by atoms with van der Waals surface area (Å²) >= 11 is 0. The average molecular weight is 428 g/mol. The Labute approximate surface area is 177 Å². The molecule has 2 aromatic heterocycles. The first-order chi connectivity index (χ1) is 14.9. The second kappa shape index (κ2) is 9.87. The number of amides is 2. The molecule has 0 bridgehead atoms. The van der Waals surface area contributed by atoms with Crippen molar-refractivity contribution in [2.45, 2.75) is 31.0 Å². The van der Waals surface area contributed by atoms with Crippen LogP contribution in [0.25, 0.3) is 10.9 Å². The van der Waals surface area contributed by atoms with Crippen LogP contribution in [0.2, 0.25) is 0 Å². The van der Waals surface area contributed by atoms with Gasteiger partial charge in [0.15, 0.2) is 0 Å². The van der Waals surface area contributed by atoms with Crippen LogP contribution in [0.3, 0.4) is 0 Å². The number of benzene rings is 1. The van der Waals surface area contributed by atoms with E-state index in [1.807, 2.05) is 24.3 Å². The number of aromatic amines is 2. The second-order valence-corrected chi connectivity index (χ2v) is 7.09. The van der Waals surface area contributed by atoms with Gasteiger partial charge in [0.2, 0.25) is 11.8 Å². The third-order valence-corrected chi connectivity index (χ3v) is 4.86. The predicted molar refractivity (Wildman–Crippen MR) is 111 cm³/mol. The fraction of sp³-hybridized carbons (Fsp3) is 0.300. The minimum atomic E-state index is -1.34. The van der Waals surface area contributed by atoms with E-state index in [1.165, 1.54) is 12.5 Å². The molecular formula is C20H24N6O5. The number of aliphatic hydroxyl groups excluding tert-OH is 1. The number of aliphatic carboxylic acids is 1. The predicted octanol–water partition coefficient (Wildman–Crippen LogP) is -0.950. The van der Waals surface area contributed by atoms with Gasteiger partial charge in [-0.15, -0.1) is 0 Å². The number of aromatic nitrogens is 3. The van der Waals surface area contributed by atoms with Crippen molar-refractivity contribution in [3.8, 4) is 0 Å². The number of carboxylic acid groups (broad SMARTS) is 1. The van der Waals surface area contributed by atoms with Crippen molar-refractivity contribution >= 4 is 28.7 Å². The van der Waals surface area contributed by atoms with Crippen molar-refractivity contribution in [3.05, 3.63) is 54.2 Å². The highest BCUT2D eigenvalue weighted by atomic mass is 16.4.